The highest BCUT2D eigenvalue weighted by molar-refractivity contribution is 5.84. The second-order valence-electron chi connectivity index (χ2n) is 5.51. The molecule has 0 bridgehead atoms. The van der Waals surface area contributed by atoms with Crippen molar-refractivity contribution in [1.29, 1.82) is 0 Å². The molecule has 0 aromatic heterocycles. The summed E-state index contributed by atoms with van der Waals surface area (Å²) in [7, 11) is 1.42. The molecule has 0 radical (unpaired) electrons. The van der Waals surface area contributed by atoms with Crippen molar-refractivity contribution in [2.45, 2.75) is 39.4 Å². The first-order valence-electron chi connectivity index (χ1n) is 6.95. The van der Waals surface area contributed by atoms with Crippen LogP contribution < -0.4 is 4.74 Å². The van der Waals surface area contributed by atoms with Gasteiger partial charge in [-0.15, -0.1) is 0 Å². The maximum atomic E-state index is 14.1. The molecule has 2 rings (SSSR count). The first-order valence-corrected chi connectivity index (χ1v) is 6.95. The molecule has 0 aliphatic carbocycles. The minimum absolute atomic E-state index is 0.0292. The maximum Gasteiger partial charge on any atom is 0.168 e. The van der Waals surface area contributed by atoms with Crippen LogP contribution in [0.15, 0.2) is 18.2 Å². The van der Waals surface area contributed by atoms with Gasteiger partial charge in [0.25, 0.3) is 0 Å². The summed E-state index contributed by atoms with van der Waals surface area (Å²) in [6.45, 7) is 5.89. The van der Waals surface area contributed by atoms with Gasteiger partial charge in [0.15, 0.2) is 11.6 Å². The molecule has 1 aromatic rings. The van der Waals surface area contributed by atoms with E-state index in [2.05, 4.69) is 0 Å². The Labute approximate surface area is 119 Å². The molecule has 0 amide bonds. The highest BCUT2D eigenvalue weighted by Gasteiger charge is 2.41. The Bertz CT molecular complexity index is 500. The quantitative estimate of drug-likeness (QED) is 0.850. The van der Waals surface area contributed by atoms with E-state index < -0.39 is 5.82 Å². The predicted molar refractivity (Wildman–Crippen MR) is 74.3 cm³/mol. The van der Waals surface area contributed by atoms with Gasteiger partial charge in [-0.3, -0.25) is 4.79 Å². The molecule has 110 valence electrons. The Morgan fingerprint density at radius 3 is 2.55 bits per heavy atom. The number of hydrogen-bond acceptors (Lipinski definition) is 3. The van der Waals surface area contributed by atoms with Crippen molar-refractivity contribution in [3.8, 4) is 5.75 Å². The van der Waals surface area contributed by atoms with Gasteiger partial charge in [0, 0.05) is 12.3 Å². The van der Waals surface area contributed by atoms with Crippen LogP contribution in [-0.2, 0) is 16.0 Å². The number of rotatable bonds is 4. The lowest BCUT2D eigenvalue weighted by Gasteiger charge is -2.17. The van der Waals surface area contributed by atoms with E-state index in [1.54, 1.807) is 18.2 Å². The van der Waals surface area contributed by atoms with Gasteiger partial charge in [0.1, 0.15) is 5.78 Å². The third-order valence-corrected chi connectivity index (χ3v) is 4.24. The van der Waals surface area contributed by atoms with Gasteiger partial charge >= 0.3 is 0 Å². The largest absolute Gasteiger partial charge is 0.494 e. The van der Waals surface area contributed by atoms with Crippen molar-refractivity contribution in [1.82, 2.24) is 0 Å². The van der Waals surface area contributed by atoms with E-state index in [1.807, 2.05) is 20.8 Å². The van der Waals surface area contributed by atoms with E-state index in [9.17, 15) is 9.18 Å². The van der Waals surface area contributed by atoms with Gasteiger partial charge in [-0.2, -0.15) is 0 Å². The molecule has 0 spiro atoms. The fraction of sp³-hybridized carbons (Fsp3) is 0.562. The second-order valence-corrected chi connectivity index (χ2v) is 5.51. The molecule has 4 unspecified atom stereocenters. The Balaban J connectivity index is 2.16. The summed E-state index contributed by atoms with van der Waals surface area (Å²) in [6.07, 6.45) is 0.0358. The van der Waals surface area contributed by atoms with Crippen LogP contribution in [0, 0.1) is 17.7 Å². The molecule has 0 N–H and O–H groups in total. The number of methoxy groups -OCH3 is 1. The van der Waals surface area contributed by atoms with Crippen LogP contribution in [0.2, 0.25) is 0 Å². The summed E-state index contributed by atoms with van der Waals surface area (Å²) in [5.41, 5.74) is 0.383. The third kappa shape index (κ3) is 2.70. The minimum Gasteiger partial charge on any atom is -0.494 e. The highest BCUT2D eigenvalue weighted by atomic mass is 19.1. The number of carbonyl (C=O) groups is 1. The van der Waals surface area contributed by atoms with Gasteiger partial charge in [-0.1, -0.05) is 19.1 Å². The summed E-state index contributed by atoms with van der Waals surface area (Å²) in [5.74, 6) is -0.258. The monoisotopic (exact) mass is 280 g/mol. The van der Waals surface area contributed by atoms with Gasteiger partial charge < -0.3 is 9.47 Å². The molecule has 1 heterocycles. The smallest absolute Gasteiger partial charge is 0.168 e. The van der Waals surface area contributed by atoms with E-state index in [4.69, 9.17) is 9.47 Å². The fourth-order valence-corrected chi connectivity index (χ4v) is 2.98. The lowest BCUT2D eigenvalue weighted by atomic mass is 9.84. The SMILES string of the molecule is COc1cccc(CC(=O)C2C(C)OC(C)C2C)c1F. The zero-order chi connectivity index (χ0) is 14.9. The van der Waals surface area contributed by atoms with Crippen molar-refractivity contribution >= 4 is 5.78 Å². The van der Waals surface area contributed by atoms with Gasteiger partial charge in [0.05, 0.1) is 19.3 Å². The van der Waals surface area contributed by atoms with Crippen molar-refractivity contribution in [2.24, 2.45) is 11.8 Å². The summed E-state index contributed by atoms with van der Waals surface area (Å²) in [5, 5.41) is 0. The molecule has 3 nitrogen and oxygen atoms in total. The van der Waals surface area contributed by atoms with E-state index in [0.717, 1.165) is 0 Å². The molecule has 1 fully saturated rings. The van der Waals surface area contributed by atoms with Crippen LogP contribution in [0.1, 0.15) is 26.3 Å². The number of ketones is 1. The zero-order valence-electron chi connectivity index (χ0n) is 12.4. The van der Waals surface area contributed by atoms with Crippen LogP contribution in [0.3, 0.4) is 0 Å². The summed E-state index contributed by atoms with van der Waals surface area (Å²) < 4.78 is 24.7. The van der Waals surface area contributed by atoms with Gasteiger partial charge in [-0.25, -0.2) is 4.39 Å². The maximum absolute atomic E-state index is 14.1. The number of benzene rings is 1. The fourth-order valence-electron chi connectivity index (χ4n) is 2.98. The van der Waals surface area contributed by atoms with E-state index in [1.165, 1.54) is 7.11 Å². The molecule has 0 saturated carbocycles. The zero-order valence-corrected chi connectivity index (χ0v) is 12.4. The average molecular weight is 280 g/mol. The number of hydrogen-bond donors (Lipinski definition) is 0. The van der Waals surface area contributed by atoms with Crippen LogP contribution in [0.25, 0.3) is 0 Å². The highest BCUT2D eigenvalue weighted by Crippen LogP contribution is 2.34. The molecule has 1 aromatic carbocycles. The van der Waals surface area contributed by atoms with Crippen LogP contribution in [0.4, 0.5) is 4.39 Å². The molecule has 20 heavy (non-hydrogen) atoms. The first-order chi connectivity index (χ1) is 9.45. The molecule has 4 atom stereocenters. The Hall–Kier alpha value is -1.42. The number of ether oxygens (including phenoxy) is 2. The first kappa shape index (κ1) is 15.0. The Kier molecular flexibility index (Phi) is 4.43. The number of halogens is 1. The molecule has 1 saturated heterocycles. The topological polar surface area (TPSA) is 35.5 Å². The number of Topliss-reactive ketones (excluding diaryl/α,β-unsaturated/α-hetero) is 1. The van der Waals surface area contributed by atoms with E-state index >= 15 is 0 Å². The molecular formula is C16H21FO3. The molecule has 1 aliphatic heterocycles. The molecular weight excluding hydrogens is 259 g/mol. The van der Waals surface area contributed by atoms with Crippen molar-refractivity contribution < 1.29 is 18.7 Å². The van der Waals surface area contributed by atoms with Crippen LogP contribution >= 0.6 is 0 Å². The standard InChI is InChI=1S/C16H21FO3/c1-9-10(2)20-11(3)15(9)13(18)8-12-6-5-7-14(19-4)16(12)17/h5-7,9-11,15H,8H2,1-4H3. The van der Waals surface area contributed by atoms with Crippen molar-refractivity contribution in [2.75, 3.05) is 7.11 Å². The van der Waals surface area contributed by atoms with Crippen LogP contribution in [0.5, 0.6) is 5.75 Å². The lowest BCUT2D eigenvalue weighted by Crippen LogP contribution is -2.28. The van der Waals surface area contributed by atoms with Crippen molar-refractivity contribution in [3.05, 3.63) is 29.6 Å². The predicted octanol–water partition coefficient (Wildman–Crippen LogP) is 3.01. The Morgan fingerprint density at radius 1 is 1.30 bits per heavy atom. The van der Waals surface area contributed by atoms with Crippen molar-refractivity contribution in [3.63, 3.8) is 0 Å². The molecule has 1 aliphatic rings. The van der Waals surface area contributed by atoms with Gasteiger partial charge in [0.2, 0.25) is 0 Å². The summed E-state index contributed by atoms with van der Waals surface area (Å²) in [4.78, 5) is 12.4. The summed E-state index contributed by atoms with van der Waals surface area (Å²) in [6, 6.07) is 4.88. The molecule has 4 heteroatoms. The summed E-state index contributed by atoms with van der Waals surface area (Å²) >= 11 is 0. The van der Waals surface area contributed by atoms with Gasteiger partial charge in [-0.05, 0) is 31.4 Å². The third-order valence-electron chi connectivity index (χ3n) is 4.24. The minimum atomic E-state index is -0.449. The normalized spacial score (nSPS) is 29.4. The Morgan fingerprint density at radius 2 is 2.00 bits per heavy atom. The van der Waals surface area contributed by atoms with Crippen LogP contribution in [-0.4, -0.2) is 25.1 Å². The number of carbonyl (C=O) groups excluding carboxylic acids is 1. The average Bonchev–Trinajstić information content (AvgIpc) is 2.65. The van der Waals surface area contributed by atoms with E-state index in [-0.39, 0.29) is 42.0 Å². The van der Waals surface area contributed by atoms with E-state index in [0.29, 0.717) is 5.56 Å². The lowest BCUT2D eigenvalue weighted by molar-refractivity contribution is -0.124. The second kappa shape index (κ2) is 5.92.